The quantitative estimate of drug-likeness (QED) is 0.0761. The zero-order chi connectivity index (χ0) is 42.0. The summed E-state index contributed by atoms with van der Waals surface area (Å²) in [6.07, 6.45) is 6.27. The summed E-state index contributed by atoms with van der Waals surface area (Å²) in [5.41, 5.74) is 11.1. The number of likely N-dealkylation sites (tertiary alicyclic amines) is 1. The van der Waals surface area contributed by atoms with E-state index in [2.05, 4.69) is 31.5 Å². The molecule has 0 saturated carbocycles. The number of hydrogen-bond donors (Lipinski definition) is 3. The average molecular weight is 816 g/mol. The van der Waals surface area contributed by atoms with Gasteiger partial charge >= 0.3 is 0 Å². The summed E-state index contributed by atoms with van der Waals surface area (Å²) in [6.45, 7) is 4.82. The highest BCUT2D eigenvalue weighted by Gasteiger charge is 2.30. The molecule has 4 aromatic carbocycles. The minimum atomic E-state index is -0.321. The van der Waals surface area contributed by atoms with Crippen LogP contribution in [-0.4, -0.2) is 85.2 Å². The van der Waals surface area contributed by atoms with Crippen LogP contribution in [0.1, 0.15) is 34.9 Å². The number of amides is 1. The summed E-state index contributed by atoms with van der Waals surface area (Å²) in [5.74, 6) is 2.42. The Kier molecular flexibility index (Phi) is 10.4. The lowest BCUT2D eigenvalue weighted by Crippen LogP contribution is -2.42. The van der Waals surface area contributed by atoms with Gasteiger partial charge in [0.05, 0.1) is 31.8 Å². The number of nitrogen functional groups attached to an aromatic ring is 1. The first kappa shape index (κ1) is 38.6. The van der Waals surface area contributed by atoms with Gasteiger partial charge in [-0.05, 0) is 67.4 Å². The monoisotopic (exact) mass is 815 g/mol. The van der Waals surface area contributed by atoms with Gasteiger partial charge < -0.3 is 39.5 Å². The number of nitrogens with one attached hydrogen (secondary N) is 2. The van der Waals surface area contributed by atoms with Crippen molar-refractivity contribution in [2.24, 2.45) is 0 Å². The van der Waals surface area contributed by atoms with Gasteiger partial charge in [0.15, 0.2) is 17.1 Å². The van der Waals surface area contributed by atoms with Crippen molar-refractivity contribution >= 4 is 39.4 Å². The number of ketones is 1. The minimum absolute atomic E-state index is 0.156. The molecule has 9 rings (SSSR count). The minimum Gasteiger partial charge on any atom is -0.493 e. The van der Waals surface area contributed by atoms with Crippen LogP contribution in [0.4, 0.5) is 5.82 Å². The number of fused-ring (bicyclic) bond motifs is 2. The van der Waals surface area contributed by atoms with Crippen LogP contribution in [0, 0.1) is 0 Å². The number of hydrogen-bond acceptors (Lipinski definition) is 11. The van der Waals surface area contributed by atoms with E-state index in [-0.39, 0.29) is 52.9 Å². The van der Waals surface area contributed by atoms with Crippen LogP contribution < -0.4 is 24.7 Å². The van der Waals surface area contributed by atoms with Gasteiger partial charge in [-0.3, -0.25) is 9.59 Å². The molecule has 15 heteroatoms. The number of H-pyrrole nitrogens is 2. The Hall–Kier alpha value is -7.94. The predicted octanol–water partition coefficient (Wildman–Crippen LogP) is 7.79. The smallest absolute Gasteiger partial charge is 0.252 e. The van der Waals surface area contributed by atoms with Crippen molar-refractivity contribution in [2.75, 3.05) is 39.6 Å². The molecule has 8 aromatic rings. The molecule has 1 amide bonds. The molecular weight excluding hydrogens is 775 g/mol. The zero-order valence-corrected chi connectivity index (χ0v) is 33.4. The molecular formula is C46H41N9O6. The third-order valence-electron chi connectivity index (χ3n) is 10.7. The summed E-state index contributed by atoms with van der Waals surface area (Å²) >= 11 is 0. The molecule has 1 saturated heterocycles. The number of aromatic nitrogens is 7. The second-order valence-electron chi connectivity index (χ2n) is 14.6. The highest BCUT2D eigenvalue weighted by atomic mass is 16.5. The number of nitrogens with two attached hydrogens (primary N) is 1. The van der Waals surface area contributed by atoms with Crippen molar-refractivity contribution in [3.63, 3.8) is 0 Å². The number of rotatable bonds is 13. The van der Waals surface area contributed by atoms with Crippen LogP contribution in [0.5, 0.6) is 28.7 Å². The van der Waals surface area contributed by atoms with Gasteiger partial charge in [-0.2, -0.15) is 5.10 Å². The number of nitrogens with zero attached hydrogens (tertiary/aromatic N) is 6. The molecule has 0 aliphatic carbocycles. The summed E-state index contributed by atoms with van der Waals surface area (Å²) in [4.78, 5) is 49.1. The number of imidazole rings is 1. The summed E-state index contributed by atoms with van der Waals surface area (Å²) < 4.78 is 25.3. The van der Waals surface area contributed by atoms with E-state index in [1.165, 1.54) is 26.7 Å². The topological polar surface area (TPSA) is 188 Å². The molecule has 1 atom stereocenters. The normalized spacial score (nSPS) is 13.9. The number of piperidine rings is 1. The van der Waals surface area contributed by atoms with Crippen molar-refractivity contribution in [1.29, 1.82) is 0 Å². The van der Waals surface area contributed by atoms with Gasteiger partial charge in [0.2, 0.25) is 11.5 Å². The molecule has 0 radical (unpaired) electrons. The van der Waals surface area contributed by atoms with E-state index in [0.29, 0.717) is 52.8 Å². The molecule has 4 aromatic heterocycles. The summed E-state index contributed by atoms with van der Waals surface area (Å²) in [5, 5.41) is 6.64. The van der Waals surface area contributed by atoms with E-state index < -0.39 is 0 Å². The lowest BCUT2D eigenvalue weighted by Gasteiger charge is -2.33. The van der Waals surface area contributed by atoms with Gasteiger partial charge in [-0.25, -0.2) is 19.6 Å². The first-order valence-corrected chi connectivity index (χ1v) is 19.6. The number of para-hydroxylation sites is 2. The van der Waals surface area contributed by atoms with E-state index >= 15 is 0 Å². The van der Waals surface area contributed by atoms with Gasteiger partial charge in [-0.15, -0.1) is 0 Å². The summed E-state index contributed by atoms with van der Waals surface area (Å²) in [6, 6.07) is 28.0. The van der Waals surface area contributed by atoms with Crippen LogP contribution in [0.25, 0.3) is 44.6 Å². The fourth-order valence-electron chi connectivity index (χ4n) is 7.69. The van der Waals surface area contributed by atoms with Crippen LogP contribution in [0.15, 0.2) is 122 Å². The molecule has 0 unspecified atom stereocenters. The number of carbonyl (C=O) groups is 2. The Balaban J connectivity index is 0.889. The zero-order valence-electron chi connectivity index (χ0n) is 33.4. The lowest BCUT2D eigenvalue weighted by molar-refractivity contribution is -0.129. The predicted molar refractivity (Wildman–Crippen MR) is 230 cm³/mol. The van der Waals surface area contributed by atoms with Gasteiger partial charge in [0, 0.05) is 52.5 Å². The van der Waals surface area contributed by atoms with E-state index in [4.69, 9.17) is 29.8 Å². The van der Waals surface area contributed by atoms with Crippen LogP contribution >= 0.6 is 0 Å². The molecule has 1 aliphatic rings. The van der Waals surface area contributed by atoms with E-state index in [1.807, 2.05) is 89.7 Å². The Morgan fingerprint density at radius 2 is 1.66 bits per heavy atom. The number of aromatic amines is 2. The molecule has 0 spiro atoms. The maximum absolute atomic E-state index is 13.9. The highest BCUT2D eigenvalue weighted by molar-refractivity contribution is 6.09. The van der Waals surface area contributed by atoms with E-state index in [1.54, 1.807) is 17.0 Å². The number of ether oxygens (including phenoxy) is 4. The SMILES string of the molecule is C=C(COc1c(OC)cc(C(=O)c2cnc(-c3c[nH]c4ccccc34)[nH]2)cc1OC)C(=O)N1CCC[C@@H](n2nc(-c3ccc(Oc4ccccc4)cc3)c3c(N)ncnc32)C1. The molecule has 1 aliphatic heterocycles. The first-order valence-electron chi connectivity index (χ1n) is 19.6. The molecule has 0 bridgehead atoms. The molecule has 4 N–H and O–H groups in total. The Morgan fingerprint density at radius 1 is 0.918 bits per heavy atom. The first-order chi connectivity index (χ1) is 29.8. The fourth-order valence-corrected chi connectivity index (χ4v) is 7.69. The molecule has 5 heterocycles. The number of methoxy groups -OCH3 is 2. The number of carbonyl (C=O) groups excluding carboxylic acids is 2. The standard InChI is InChI=1S/C46H41N9O6/c1-27(25-60-42-37(58-2)20-29(21-38(42)59-3)41(56)36-23-49-44(52-36)34-22-48-35-14-8-7-13-33(34)35)46(57)54-19-9-10-30(24-54)55-45-39(43(47)50-26-51-45)40(53-55)28-15-17-32(18-16-28)61-31-11-5-4-6-12-31/h4-8,11-18,20-23,26,30,48H,1,9-10,19,24-25H2,2-3H3,(H,49,52)(H2,47,50,51)/t30-/m1/s1. The summed E-state index contributed by atoms with van der Waals surface area (Å²) in [7, 11) is 2.93. The largest absolute Gasteiger partial charge is 0.493 e. The molecule has 15 nitrogen and oxygen atoms in total. The van der Waals surface area contributed by atoms with Crippen molar-refractivity contribution in [1.82, 2.24) is 39.6 Å². The van der Waals surface area contributed by atoms with Crippen molar-refractivity contribution < 1.29 is 28.5 Å². The van der Waals surface area contributed by atoms with E-state index in [9.17, 15) is 9.59 Å². The van der Waals surface area contributed by atoms with Crippen molar-refractivity contribution in [2.45, 2.75) is 18.9 Å². The third-order valence-corrected chi connectivity index (χ3v) is 10.7. The maximum atomic E-state index is 13.9. The Bertz CT molecular complexity index is 2890. The van der Waals surface area contributed by atoms with Crippen LogP contribution in [0.2, 0.25) is 0 Å². The van der Waals surface area contributed by atoms with Crippen LogP contribution in [-0.2, 0) is 4.79 Å². The average Bonchev–Trinajstić information content (AvgIpc) is 4.06. The molecule has 1 fully saturated rings. The van der Waals surface area contributed by atoms with Crippen molar-refractivity contribution in [3.8, 4) is 51.4 Å². The second kappa shape index (κ2) is 16.4. The Labute approximate surface area is 349 Å². The maximum Gasteiger partial charge on any atom is 0.252 e. The van der Waals surface area contributed by atoms with Gasteiger partial charge in [-0.1, -0.05) is 43.0 Å². The van der Waals surface area contributed by atoms with Crippen molar-refractivity contribution in [3.05, 3.63) is 133 Å². The highest BCUT2D eigenvalue weighted by Crippen LogP contribution is 2.40. The van der Waals surface area contributed by atoms with Gasteiger partial charge in [0.1, 0.15) is 47.5 Å². The number of anilines is 1. The molecule has 306 valence electrons. The second-order valence-corrected chi connectivity index (χ2v) is 14.6. The fraction of sp³-hybridized carbons (Fsp3) is 0.174. The third kappa shape index (κ3) is 7.48. The number of benzene rings is 4. The van der Waals surface area contributed by atoms with Gasteiger partial charge in [0.25, 0.3) is 5.91 Å². The Morgan fingerprint density at radius 3 is 2.43 bits per heavy atom. The molecule has 61 heavy (non-hydrogen) atoms. The lowest BCUT2D eigenvalue weighted by atomic mass is 10.0. The van der Waals surface area contributed by atoms with Crippen LogP contribution in [0.3, 0.4) is 0 Å². The van der Waals surface area contributed by atoms with E-state index in [0.717, 1.165) is 40.6 Å².